The van der Waals surface area contributed by atoms with Gasteiger partial charge in [0.1, 0.15) is 0 Å². The molecule has 0 fully saturated rings. The van der Waals surface area contributed by atoms with Crippen LogP contribution in [0, 0.1) is 17.0 Å². The van der Waals surface area contributed by atoms with Gasteiger partial charge < -0.3 is 10.1 Å². The van der Waals surface area contributed by atoms with Crippen molar-refractivity contribution in [2.75, 3.05) is 30.9 Å². The Labute approximate surface area is 159 Å². The number of nitro groups is 1. The third-order valence-corrected chi connectivity index (χ3v) is 4.86. The van der Waals surface area contributed by atoms with Crippen LogP contribution in [0.5, 0.6) is 0 Å². The summed E-state index contributed by atoms with van der Waals surface area (Å²) in [5, 5.41) is 17.3. The van der Waals surface area contributed by atoms with Gasteiger partial charge in [0.25, 0.3) is 11.6 Å². The lowest BCUT2D eigenvalue weighted by Gasteiger charge is -2.11. The number of anilines is 2. The minimum Gasteiger partial charge on any atom is -0.383 e. The van der Waals surface area contributed by atoms with E-state index in [1.165, 1.54) is 29.5 Å². The smallest absolute Gasteiger partial charge is 0.270 e. The second-order valence-corrected chi connectivity index (χ2v) is 6.83. The molecule has 2 aromatic carbocycles. The second kappa shape index (κ2) is 8.11. The molecule has 2 N–H and O–H groups in total. The number of para-hydroxylation sites is 1. The summed E-state index contributed by atoms with van der Waals surface area (Å²) in [5.74, 6) is -0.463. The number of carbonyl (C=O) groups excluding carboxylic acids is 1. The number of nitro benzene ring substituents is 1. The number of methoxy groups -OCH3 is 1. The predicted molar refractivity (Wildman–Crippen MR) is 106 cm³/mol. The molecule has 0 aliphatic rings. The van der Waals surface area contributed by atoms with Gasteiger partial charge >= 0.3 is 0 Å². The Balaban J connectivity index is 1.89. The molecule has 0 atom stereocenters. The number of nitrogens with zero attached hydrogens (tertiary/aromatic N) is 2. The summed E-state index contributed by atoms with van der Waals surface area (Å²) < 4.78 is 5.95. The van der Waals surface area contributed by atoms with Gasteiger partial charge in [-0.3, -0.25) is 20.2 Å². The van der Waals surface area contributed by atoms with Crippen LogP contribution in [0.4, 0.5) is 16.5 Å². The van der Waals surface area contributed by atoms with Gasteiger partial charge in [-0.1, -0.05) is 23.5 Å². The van der Waals surface area contributed by atoms with Gasteiger partial charge in [-0.2, -0.15) is 0 Å². The number of non-ortho nitro benzene ring substituents is 1. The van der Waals surface area contributed by atoms with Crippen LogP contribution in [0.2, 0.25) is 0 Å². The second-order valence-electron chi connectivity index (χ2n) is 5.80. The maximum Gasteiger partial charge on any atom is 0.270 e. The maximum atomic E-state index is 12.8. The van der Waals surface area contributed by atoms with Gasteiger partial charge in [0.15, 0.2) is 5.13 Å². The van der Waals surface area contributed by atoms with Gasteiger partial charge in [0.05, 0.1) is 27.3 Å². The fourth-order valence-electron chi connectivity index (χ4n) is 2.58. The first kappa shape index (κ1) is 18.7. The van der Waals surface area contributed by atoms with E-state index in [4.69, 9.17) is 4.74 Å². The fourth-order valence-corrected chi connectivity index (χ4v) is 3.52. The van der Waals surface area contributed by atoms with Gasteiger partial charge in [-0.05, 0) is 24.6 Å². The summed E-state index contributed by atoms with van der Waals surface area (Å²) in [6, 6.07) is 9.94. The molecular weight excluding hydrogens is 368 g/mol. The monoisotopic (exact) mass is 386 g/mol. The first-order chi connectivity index (χ1) is 13.0. The van der Waals surface area contributed by atoms with Crippen molar-refractivity contribution in [3.8, 4) is 0 Å². The number of nitrogens with one attached hydrogen (secondary N) is 2. The van der Waals surface area contributed by atoms with E-state index < -0.39 is 10.8 Å². The van der Waals surface area contributed by atoms with Crippen LogP contribution in [0.25, 0.3) is 10.2 Å². The molecule has 9 heteroatoms. The summed E-state index contributed by atoms with van der Waals surface area (Å²) in [6.07, 6.45) is 0. The van der Waals surface area contributed by atoms with E-state index in [0.717, 1.165) is 15.8 Å². The quantitative estimate of drug-likeness (QED) is 0.363. The normalized spacial score (nSPS) is 10.7. The maximum absolute atomic E-state index is 12.8. The zero-order chi connectivity index (χ0) is 19.4. The minimum absolute atomic E-state index is 0.155. The Morgan fingerprint density at radius 1 is 1.33 bits per heavy atom. The summed E-state index contributed by atoms with van der Waals surface area (Å²) >= 11 is 1.35. The average molecular weight is 386 g/mol. The van der Waals surface area contributed by atoms with Crippen molar-refractivity contribution in [3.63, 3.8) is 0 Å². The molecule has 8 nitrogen and oxygen atoms in total. The molecule has 0 radical (unpaired) electrons. The molecule has 0 spiro atoms. The van der Waals surface area contributed by atoms with E-state index in [1.807, 2.05) is 25.1 Å². The number of benzene rings is 2. The molecule has 1 amide bonds. The summed E-state index contributed by atoms with van der Waals surface area (Å²) in [6.45, 7) is 2.86. The highest BCUT2D eigenvalue weighted by Crippen LogP contribution is 2.29. The van der Waals surface area contributed by atoms with Crippen LogP contribution >= 0.6 is 11.3 Å². The zero-order valence-corrected chi connectivity index (χ0v) is 15.6. The molecule has 140 valence electrons. The first-order valence-corrected chi connectivity index (χ1v) is 9.00. The number of amides is 1. The van der Waals surface area contributed by atoms with E-state index in [-0.39, 0.29) is 11.3 Å². The minimum atomic E-state index is -0.531. The van der Waals surface area contributed by atoms with Crippen LogP contribution in [0.3, 0.4) is 0 Å². The Kier molecular flexibility index (Phi) is 5.63. The van der Waals surface area contributed by atoms with Gasteiger partial charge in [-0.15, -0.1) is 0 Å². The van der Waals surface area contributed by atoms with Crippen molar-refractivity contribution in [2.45, 2.75) is 6.92 Å². The number of aryl methyl sites for hydroxylation is 1. The molecule has 0 saturated heterocycles. The Morgan fingerprint density at radius 2 is 2.15 bits per heavy atom. The highest BCUT2D eigenvalue weighted by atomic mass is 32.1. The molecular formula is C18H18N4O4S. The van der Waals surface area contributed by atoms with Crippen LogP contribution in [0.1, 0.15) is 15.9 Å². The third-order valence-electron chi connectivity index (χ3n) is 3.92. The SMILES string of the molecule is COCCNc1ccc([N+](=O)[O-])cc1C(=O)Nc1nc2c(C)cccc2s1. The van der Waals surface area contributed by atoms with Crippen LogP contribution in [0.15, 0.2) is 36.4 Å². The van der Waals surface area contributed by atoms with Gasteiger partial charge in [-0.25, -0.2) is 4.98 Å². The van der Waals surface area contributed by atoms with Crippen molar-refractivity contribution < 1.29 is 14.5 Å². The Bertz CT molecular complexity index is 1000. The fraction of sp³-hybridized carbons (Fsp3) is 0.222. The summed E-state index contributed by atoms with van der Waals surface area (Å²) in [7, 11) is 1.57. The largest absolute Gasteiger partial charge is 0.383 e. The predicted octanol–water partition coefficient (Wildman–Crippen LogP) is 3.82. The molecule has 0 unspecified atom stereocenters. The lowest BCUT2D eigenvalue weighted by Crippen LogP contribution is -2.16. The van der Waals surface area contributed by atoms with E-state index in [9.17, 15) is 14.9 Å². The van der Waals surface area contributed by atoms with Crippen LogP contribution in [-0.2, 0) is 4.74 Å². The van der Waals surface area contributed by atoms with E-state index >= 15 is 0 Å². The number of rotatable bonds is 7. The lowest BCUT2D eigenvalue weighted by molar-refractivity contribution is -0.384. The van der Waals surface area contributed by atoms with Crippen molar-refractivity contribution in [2.24, 2.45) is 0 Å². The number of aromatic nitrogens is 1. The topological polar surface area (TPSA) is 106 Å². The molecule has 1 aromatic heterocycles. The summed E-state index contributed by atoms with van der Waals surface area (Å²) in [4.78, 5) is 27.8. The Morgan fingerprint density at radius 3 is 2.85 bits per heavy atom. The standard InChI is InChI=1S/C18H18N4O4S/c1-11-4-3-5-15-16(11)20-18(27-15)21-17(23)13-10-12(22(24)25)6-7-14(13)19-8-9-26-2/h3-7,10,19H,8-9H2,1-2H3,(H,20,21,23). The zero-order valence-electron chi connectivity index (χ0n) is 14.8. The highest BCUT2D eigenvalue weighted by Gasteiger charge is 2.18. The van der Waals surface area contributed by atoms with Gasteiger partial charge in [0, 0.05) is 31.5 Å². The summed E-state index contributed by atoms with van der Waals surface area (Å²) in [5.41, 5.74) is 2.36. The van der Waals surface area contributed by atoms with Crippen molar-refractivity contribution in [3.05, 3.63) is 57.6 Å². The molecule has 1 heterocycles. The number of carbonyl (C=O) groups is 1. The van der Waals surface area contributed by atoms with E-state index in [0.29, 0.717) is 24.0 Å². The number of ether oxygens (including phenoxy) is 1. The molecule has 0 aliphatic heterocycles. The number of hydrogen-bond donors (Lipinski definition) is 2. The van der Waals surface area contributed by atoms with Crippen molar-refractivity contribution in [1.29, 1.82) is 0 Å². The number of hydrogen-bond acceptors (Lipinski definition) is 7. The molecule has 0 saturated carbocycles. The van der Waals surface area contributed by atoms with Crippen molar-refractivity contribution >= 4 is 44.0 Å². The lowest BCUT2D eigenvalue weighted by atomic mass is 10.1. The molecule has 27 heavy (non-hydrogen) atoms. The first-order valence-electron chi connectivity index (χ1n) is 8.18. The molecule has 3 rings (SSSR count). The van der Waals surface area contributed by atoms with E-state index in [2.05, 4.69) is 15.6 Å². The van der Waals surface area contributed by atoms with Crippen LogP contribution < -0.4 is 10.6 Å². The molecule has 0 aliphatic carbocycles. The molecule has 0 bridgehead atoms. The van der Waals surface area contributed by atoms with Crippen LogP contribution in [-0.4, -0.2) is 36.1 Å². The van der Waals surface area contributed by atoms with Gasteiger partial charge in [0.2, 0.25) is 0 Å². The highest BCUT2D eigenvalue weighted by molar-refractivity contribution is 7.22. The van der Waals surface area contributed by atoms with Crippen molar-refractivity contribution in [1.82, 2.24) is 4.98 Å². The van der Waals surface area contributed by atoms with E-state index in [1.54, 1.807) is 7.11 Å². The Hall–Kier alpha value is -3.04. The average Bonchev–Trinajstić information content (AvgIpc) is 3.05. The molecule has 3 aromatic rings. The number of thiazole rings is 1. The third kappa shape index (κ3) is 4.21. The number of fused-ring (bicyclic) bond motifs is 1.